The van der Waals surface area contributed by atoms with E-state index in [0.29, 0.717) is 0 Å². The maximum atomic E-state index is 3.20. The van der Waals surface area contributed by atoms with E-state index in [2.05, 4.69) is 75.5 Å². The van der Waals surface area contributed by atoms with E-state index in [1.807, 2.05) is 7.05 Å². The number of piperidine rings is 1. The molecular weight excluding hydrogens is 332 g/mol. The van der Waals surface area contributed by atoms with Gasteiger partial charge in [0.2, 0.25) is 0 Å². The topological polar surface area (TPSA) is 21.8 Å². The molecule has 0 atom stereocenters. The van der Waals surface area contributed by atoms with E-state index in [9.17, 15) is 0 Å². The van der Waals surface area contributed by atoms with Crippen LogP contribution in [0.5, 0.6) is 0 Å². The average molecular weight is 365 g/mol. The molecule has 0 bridgehead atoms. The molecule has 0 saturated carbocycles. The van der Waals surface area contributed by atoms with Crippen LogP contribution in [-0.4, -0.2) is 57.3 Å². The standard InChI is InChI=1S/C23H32N4/c1-19-3-7-21(8-4-19)26-15-17-27(18-16-26)23-11-13-25(14-12-23)22-9-5-20(24-2)6-10-22/h3-10,23-24H,11-18H2,1-2H3. The number of aryl methyl sites for hydroxylation is 1. The smallest absolute Gasteiger partial charge is 0.0367 e. The van der Waals surface area contributed by atoms with Gasteiger partial charge in [-0.15, -0.1) is 0 Å². The highest BCUT2D eigenvalue weighted by Gasteiger charge is 2.27. The fraction of sp³-hybridized carbons (Fsp3) is 0.478. The lowest BCUT2D eigenvalue weighted by molar-refractivity contribution is 0.160. The summed E-state index contributed by atoms with van der Waals surface area (Å²) in [7, 11) is 1.97. The minimum atomic E-state index is 0.748. The first-order chi connectivity index (χ1) is 13.2. The van der Waals surface area contributed by atoms with Crippen LogP contribution in [-0.2, 0) is 0 Å². The van der Waals surface area contributed by atoms with Crippen molar-refractivity contribution in [3.05, 3.63) is 54.1 Å². The summed E-state index contributed by atoms with van der Waals surface area (Å²) in [5.74, 6) is 0. The SMILES string of the molecule is CNc1ccc(N2CCC(N3CCN(c4ccc(C)cc4)CC3)CC2)cc1. The summed E-state index contributed by atoms with van der Waals surface area (Å²) in [6.45, 7) is 9.17. The molecule has 2 aromatic carbocycles. The predicted octanol–water partition coefficient (Wildman–Crippen LogP) is 3.83. The zero-order valence-corrected chi connectivity index (χ0v) is 16.7. The highest BCUT2D eigenvalue weighted by Crippen LogP contribution is 2.25. The number of hydrogen-bond donors (Lipinski definition) is 1. The number of anilines is 3. The number of piperazine rings is 1. The van der Waals surface area contributed by atoms with Crippen LogP contribution in [0.3, 0.4) is 0 Å². The van der Waals surface area contributed by atoms with Crippen LogP contribution in [0.1, 0.15) is 18.4 Å². The van der Waals surface area contributed by atoms with Gasteiger partial charge < -0.3 is 15.1 Å². The van der Waals surface area contributed by atoms with Crippen molar-refractivity contribution >= 4 is 17.1 Å². The average Bonchev–Trinajstić information content (AvgIpc) is 2.75. The Kier molecular flexibility index (Phi) is 5.53. The van der Waals surface area contributed by atoms with Gasteiger partial charge in [0, 0.05) is 69.4 Å². The van der Waals surface area contributed by atoms with Gasteiger partial charge >= 0.3 is 0 Å². The Morgan fingerprint density at radius 3 is 1.78 bits per heavy atom. The van der Waals surface area contributed by atoms with Gasteiger partial charge in [0.1, 0.15) is 0 Å². The van der Waals surface area contributed by atoms with Crippen LogP contribution >= 0.6 is 0 Å². The second kappa shape index (κ2) is 8.22. The van der Waals surface area contributed by atoms with Gasteiger partial charge in [-0.25, -0.2) is 0 Å². The first kappa shape index (κ1) is 18.2. The van der Waals surface area contributed by atoms with Crippen molar-refractivity contribution in [3.8, 4) is 0 Å². The van der Waals surface area contributed by atoms with Crippen molar-refractivity contribution in [2.24, 2.45) is 0 Å². The molecule has 2 fully saturated rings. The molecule has 4 nitrogen and oxygen atoms in total. The molecule has 0 spiro atoms. The molecule has 4 rings (SSSR count). The van der Waals surface area contributed by atoms with E-state index < -0.39 is 0 Å². The van der Waals surface area contributed by atoms with E-state index in [4.69, 9.17) is 0 Å². The molecule has 0 aliphatic carbocycles. The number of hydrogen-bond acceptors (Lipinski definition) is 4. The normalized spacial score (nSPS) is 19.3. The zero-order chi connectivity index (χ0) is 18.6. The van der Waals surface area contributed by atoms with E-state index in [0.717, 1.165) is 19.1 Å². The molecule has 4 heteroatoms. The first-order valence-electron chi connectivity index (χ1n) is 10.3. The number of nitrogens with one attached hydrogen (secondary N) is 1. The lowest BCUT2D eigenvalue weighted by Gasteiger charge is -2.43. The van der Waals surface area contributed by atoms with Gasteiger partial charge in [-0.1, -0.05) is 17.7 Å². The minimum absolute atomic E-state index is 0.748. The summed E-state index contributed by atoms with van der Waals surface area (Å²) in [5, 5.41) is 3.20. The Morgan fingerprint density at radius 2 is 1.22 bits per heavy atom. The first-order valence-corrected chi connectivity index (χ1v) is 10.3. The van der Waals surface area contributed by atoms with Crippen LogP contribution in [0.15, 0.2) is 48.5 Å². The number of nitrogens with zero attached hydrogens (tertiary/aromatic N) is 3. The number of rotatable bonds is 4. The second-order valence-electron chi connectivity index (χ2n) is 7.87. The Hall–Kier alpha value is -2.20. The Labute approximate surface area is 163 Å². The summed E-state index contributed by atoms with van der Waals surface area (Å²) in [4.78, 5) is 7.80. The third kappa shape index (κ3) is 4.22. The minimum Gasteiger partial charge on any atom is -0.388 e. The van der Waals surface area contributed by atoms with Crippen molar-refractivity contribution in [2.75, 3.05) is 61.4 Å². The lowest BCUT2D eigenvalue weighted by Crippen LogP contribution is -2.53. The molecule has 2 aliphatic heterocycles. The molecular formula is C23H32N4. The predicted molar refractivity (Wildman–Crippen MR) is 116 cm³/mol. The molecule has 2 heterocycles. The van der Waals surface area contributed by atoms with Crippen molar-refractivity contribution < 1.29 is 0 Å². The molecule has 0 unspecified atom stereocenters. The maximum absolute atomic E-state index is 3.20. The highest BCUT2D eigenvalue weighted by atomic mass is 15.3. The molecule has 144 valence electrons. The van der Waals surface area contributed by atoms with Crippen molar-refractivity contribution in [1.29, 1.82) is 0 Å². The molecule has 2 aliphatic rings. The van der Waals surface area contributed by atoms with Crippen LogP contribution in [0, 0.1) is 6.92 Å². The third-order valence-corrected chi connectivity index (χ3v) is 6.22. The Morgan fingerprint density at radius 1 is 0.704 bits per heavy atom. The molecule has 0 aromatic heterocycles. The molecule has 2 saturated heterocycles. The lowest BCUT2D eigenvalue weighted by atomic mass is 10.0. The fourth-order valence-electron chi connectivity index (χ4n) is 4.43. The van der Waals surface area contributed by atoms with E-state index in [-0.39, 0.29) is 0 Å². The van der Waals surface area contributed by atoms with Crippen molar-refractivity contribution in [2.45, 2.75) is 25.8 Å². The van der Waals surface area contributed by atoms with Crippen LogP contribution in [0.4, 0.5) is 17.1 Å². The van der Waals surface area contributed by atoms with Gasteiger partial charge in [-0.3, -0.25) is 4.90 Å². The Bertz CT molecular complexity index is 709. The van der Waals surface area contributed by atoms with Gasteiger partial charge in [0.15, 0.2) is 0 Å². The second-order valence-corrected chi connectivity index (χ2v) is 7.87. The van der Waals surface area contributed by atoms with Gasteiger partial charge in [0.25, 0.3) is 0 Å². The van der Waals surface area contributed by atoms with Gasteiger partial charge in [-0.2, -0.15) is 0 Å². The van der Waals surface area contributed by atoms with E-state index >= 15 is 0 Å². The summed E-state index contributed by atoms with van der Waals surface area (Å²) in [6.07, 6.45) is 2.55. The molecule has 2 aromatic rings. The van der Waals surface area contributed by atoms with Crippen LogP contribution < -0.4 is 15.1 Å². The van der Waals surface area contributed by atoms with Crippen LogP contribution in [0.25, 0.3) is 0 Å². The highest BCUT2D eigenvalue weighted by molar-refractivity contribution is 5.55. The summed E-state index contributed by atoms with van der Waals surface area (Å²) in [5.41, 5.74) is 5.25. The van der Waals surface area contributed by atoms with E-state index in [1.165, 1.54) is 61.6 Å². The van der Waals surface area contributed by atoms with Gasteiger partial charge in [-0.05, 0) is 56.2 Å². The van der Waals surface area contributed by atoms with Crippen molar-refractivity contribution in [1.82, 2.24) is 4.90 Å². The summed E-state index contributed by atoms with van der Waals surface area (Å²) in [6, 6.07) is 18.6. The molecule has 1 N–H and O–H groups in total. The monoisotopic (exact) mass is 364 g/mol. The summed E-state index contributed by atoms with van der Waals surface area (Å²) < 4.78 is 0. The zero-order valence-electron chi connectivity index (χ0n) is 16.7. The van der Waals surface area contributed by atoms with Crippen LogP contribution in [0.2, 0.25) is 0 Å². The van der Waals surface area contributed by atoms with Crippen molar-refractivity contribution in [3.63, 3.8) is 0 Å². The molecule has 0 radical (unpaired) electrons. The van der Waals surface area contributed by atoms with Gasteiger partial charge in [0.05, 0.1) is 0 Å². The third-order valence-electron chi connectivity index (χ3n) is 6.22. The fourth-order valence-corrected chi connectivity index (χ4v) is 4.43. The Balaban J connectivity index is 1.27. The number of benzene rings is 2. The maximum Gasteiger partial charge on any atom is 0.0367 e. The largest absolute Gasteiger partial charge is 0.388 e. The molecule has 0 amide bonds. The molecule has 27 heavy (non-hydrogen) atoms. The van der Waals surface area contributed by atoms with E-state index in [1.54, 1.807) is 0 Å². The quantitative estimate of drug-likeness (QED) is 0.890. The summed E-state index contributed by atoms with van der Waals surface area (Å²) >= 11 is 0.